The lowest BCUT2D eigenvalue weighted by Gasteiger charge is -2.12. The number of carbonyl (C=O) groups excluding carboxylic acids is 1. The molecule has 1 amide bonds. The summed E-state index contributed by atoms with van der Waals surface area (Å²) in [6.45, 7) is 6.29. The number of carbonyl (C=O) groups is 1. The molecule has 27 heavy (non-hydrogen) atoms. The van der Waals surface area contributed by atoms with E-state index in [1.54, 1.807) is 37.6 Å². The van der Waals surface area contributed by atoms with Gasteiger partial charge in [0, 0.05) is 5.56 Å². The Morgan fingerprint density at radius 3 is 2.63 bits per heavy atom. The minimum Gasteiger partial charge on any atom is -0.496 e. The highest BCUT2D eigenvalue weighted by Crippen LogP contribution is 2.28. The molecule has 2 aromatic carbocycles. The zero-order valence-electron chi connectivity index (χ0n) is 15.2. The Labute approximate surface area is 167 Å². The van der Waals surface area contributed by atoms with Gasteiger partial charge in [0.05, 0.1) is 24.4 Å². The van der Waals surface area contributed by atoms with Crippen LogP contribution in [0.5, 0.6) is 17.2 Å². The van der Waals surface area contributed by atoms with E-state index in [9.17, 15) is 4.79 Å². The Bertz CT molecular complexity index is 837. The molecule has 0 spiro atoms. The maximum absolute atomic E-state index is 12.3. The summed E-state index contributed by atoms with van der Waals surface area (Å²) in [7, 11) is 1.60. The van der Waals surface area contributed by atoms with Crippen LogP contribution in [0.15, 0.2) is 58.6 Å². The lowest BCUT2D eigenvalue weighted by Crippen LogP contribution is -2.17. The normalized spacial score (nSPS) is 10.5. The summed E-state index contributed by atoms with van der Waals surface area (Å²) in [6.07, 6.45) is 3.19. The first-order chi connectivity index (χ1) is 13.1. The number of methoxy groups -OCH3 is 1. The van der Waals surface area contributed by atoms with E-state index in [1.165, 1.54) is 0 Å². The number of benzene rings is 2. The molecular weight excluding hydrogens is 412 g/mol. The molecule has 6 nitrogen and oxygen atoms in total. The van der Waals surface area contributed by atoms with Gasteiger partial charge >= 0.3 is 0 Å². The predicted molar refractivity (Wildman–Crippen MR) is 109 cm³/mol. The number of halogens is 1. The predicted octanol–water partition coefficient (Wildman–Crippen LogP) is 4.19. The van der Waals surface area contributed by atoms with Gasteiger partial charge in [0.2, 0.25) is 0 Å². The smallest absolute Gasteiger partial charge is 0.271 e. The summed E-state index contributed by atoms with van der Waals surface area (Å²) >= 11 is 3.41. The minimum atomic E-state index is -0.352. The first-order valence-corrected chi connectivity index (χ1v) is 9.05. The monoisotopic (exact) mass is 432 g/mol. The molecule has 0 aliphatic carbocycles. The topological polar surface area (TPSA) is 69.2 Å². The molecule has 142 valence electrons. The van der Waals surface area contributed by atoms with Crippen LogP contribution in [0.3, 0.4) is 0 Å². The van der Waals surface area contributed by atoms with Crippen LogP contribution in [0.1, 0.15) is 22.8 Å². The van der Waals surface area contributed by atoms with Gasteiger partial charge in [-0.2, -0.15) is 5.10 Å². The molecule has 0 aliphatic rings. The van der Waals surface area contributed by atoms with Gasteiger partial charge in [0.1, 0.15) is 12.4 Å². The average Bonchev–Trinajstić information content (AvgIpc) is 2.67. The molecule has 0 aliphatic heterocycles. The van der Waals surface area contributed by atoms with E-state index in [0.29, 0.717) is 30.3 Å². The second kappa shape index (κ2) is 10.4. The van der Waals surface area contributed by atoms with Crippen molar-refractivity contribution in [1.29, 1.82) is 0 Å². The summed E-state index contributed by atoms with van der Waals surface area (Å²) in [6, 6.07) is 10.4. The van der Waals surface area contributed by atoms with E-state index < -0.39 is 0 Å². The standard InChI is InChI=1S/C20H21BrN2O4/c1-4-10-27-18-9-7-15(12-19(18)26-5-2)20(24)23-22-13-14-6-8-17(25-3)16(21)11-14/h4,6-9,11-13H,1,5,10H2,2-3H3,(H,23,24)/b22-13+. The van der Waals surface area contributed by atoms with Crippen molar-refractivity contribution in [2.45, 2.75) is 6.92 Å². The second-order valence-corrected chi connectivity index (χ2v) is 6.14. The molecule has 2 aromatic rings. The largest absolute Gasteiger partial charge is 0.496 e. The van der Waals surface area contributed by atoms with Crippen LogP contribution in [0.4, 0.5) is 0 Å². The van der Waals surface area contributed by atoms with Crippen molar-refractivity contribution in [3.8, 4) is 17.2 Å². The molecule has 2 rings (SSSR count). The van der Waals surface area contributed by atoms with Gasteiger partial charge in [-0.1, -0.05) is 12.7 Å². The lowest BCUT2D eigenvalue weighted by molar-refractivity contribution is 0.0954. The fourth-order valence-electron chi connectivity index (χ4n) is 2.18. The second-order valence-electron chi connectivity index (χ2n) is 5.29. The molecule has 0 fully saturated rings. The van der Waals surface area contributed by atoms with E-state index in [1.807, 2.05) is 25.1 Å². The zero-order valence-corrected chi connectivity index (χ0v) is 16.8. The number of amides is 1. The SMILES string of the molecule is C=CCOc1ccc(C(=O)N/N=C/c2ccc(OC)c(Br)c2)cc1OCC. The highest BCUT2D eigenvalue weighted by Gasteiger charge is 2.11. The Morgan fingerprint density at radius 2 is 1.96 bits per heavy atom. The summed E-state index contributed by atoms with van der Waals surface area (Å²) in [5.41, 5.74) is 3.72. The van der Waals surface area contributed by atoms with Gasteiger partial charge < -0.3 is 14.2 Å². The number of hydrogen-bond donors (Lipinski definition) is 1. The van der Waals surface area contributed by atoms with Gasteiger partial charge in [0.25, 0.3) is 5.91 Å². The van der Waals surface area contributed by atoms with E-state index >= 15 is 0 Å². The molecule has 1 N–H and O–H groups in total. The van der Waals surface area contributed by atoms with Crippen molar-refractivity contribution in [1.82, 2.24) is 5.43 Å². The van der Waals surface area contributed by atoms with Crippen molar-refractivity contribution < 1.29 is 19.0 Å². The number of nitrogens with one attached hydrogen (secondary N) is 1. The Kier molecular flexibility index (Phi) is 7.88. The first kappa shape index (κ1) is 20.5. The Morgan fingerprint density at radius 1 is 1.19 bits per heavy atom. The Hall–Kier alpha value is -2.80. The van der Waals surface area contributed by atoms with Gasteiger partial charge in [-0.15, -0.1) is 0 Å². The van der Waals surface area contributed by atoms with E-state index in [-0.39, 0.29) is 5.91 Å². The van der Waals surface area contributed by atoms with Crippen molar-refractivity contribution in [3.63, 3.8) is 0 Å². The maximum atomic E-state index is 12.3. The third kappa shape index (κ3) is 5.86. The van der Waals surface area contributed by atoms with Gasteiger partial charge in [-0.05, 0) is 64.8 Å². The van der Waals surface area contributed by atoms with Crippen molar-refractivity contribution in [2.24, 2.45) is 5.10 Å². The number of ether oxygens (including phenoxy) is 3. The summed E-state index contributed by atoms with van der Waals surface area (Å²) in [5.74, 6) is 1.42. The minimum absolute atomic E-state index is 0.352. The van der Waals surface area contributed by atoms with Crippen LogP contribution >= 0.6 is 15.9 Å². The van der Waals surface area contributed by atoms with Gasteiger partial charge in [0.15, 0.2) is 11.5 Å². The fraction of sp³-hybridized carbons (Fsp3) is 0.200. The molecule has 0 unspecified atom stereocenters. The number of hydrogen-bond acceptors (Lipinski definition) is 5. The quantitative estimate of drug-likeness (QED) is 0.366. The van der Waals surface area contributed by atoms with Crippen LogP contribution in [-0.4, -0.2) is 32.4 Å². The molecule has 0 saturated heterocycles. The molecule has 0 aromatic heterocycles. The van der Waals surface area contributed by atoms with Crippen LogP contribution in [0.25, 0.3) is 0 Å². The van der Waals surface area contributed by atoms with E-state index in [2.05, 4.69) is 33.0 Å². The highest BCUT2D eigenvalue weighted by atomic mass is 79.9. The van der Waals surface area contributed by atoms with Crippen LogP contribution in [0, 0.1) is 0 Å². The maximum Gasteiger partial charge on any atom is 0.271 e. The van der Waals surface area contributed by atoms with Crippen molar-refractivity contribution in [3.05, 3.63) is 64.7 Å². The highest BCUT2D eigenvalue weighted by molar-refractivity contribution is 9.10. The summed E-state index contributed by atoms with van der Waals surface area (Å²) in [4.78, 5) is 12.3. The zero-order chi connectivity index (χ0) is 19.6. The average molecular weight is 433 g/mol. The molecule has 0 atom stereocenters. The van der Waals surface area contributed by atoms with E-state index in [4.69, 9.17) is 14.2 Å². The van der Waals surface area contributed by atoms with Crippen molar-refractivity contribution in [2.75, 3.05) is 20.3 Å². The third-order valence-electron chi connectivity index (χ3n) is 3.42. The third-order valence-corrected chi connectivity index (χ3v) is 4.04. The fourth-order valence-corrected chi connectivity index (χ4v) is 2.74. The molecule has 0 heterocycles. The Balaban J connectivity index is 2.07. The van der Waals surface area contributed by atoms with Crippen LogP contribution in [0.2, 0.25) is 0 Å². The lowest BCUT2D eigenvalue weighted by atomic mass is 10.2. The van der Waals surface area contributed by atoms with Gasteiger partial charge in [-0.3, -0.25) is 4.79 Å². The summed E-state index contributed by atoms with van der Waals surface area (Å²) < 4.78 is 17.0. The molecule has 0 saturated carbocycles. The first-order valence-electron chi connectivity index (χ1n) is 8.26. The number of nitrogens with zero attached hydrogens (tertiary/aromatic N) is 1. The van der Waals surface area contributed by atoms with Crippen molar-refractivity contribution >= 4 is 28.1 Å². The van der Waals surface area contributed by atoms with Gasteiger partial charge in [-0.25, -0.2) is 5.43 Å². The summed E-state index contributed by atoms with van der Waals surface area (Å²) in [5, 5.41) is 3.99. The number of hydrazone groups is 1. The molecule has 0 bridgehead atoms. The van der Waals surface area contributed by atoms with Crippen LogP contribution in [-0.2, 0) is 0 Å². The van der Waals surface area contributed by atoms with E-state index in [0.717, 1.165) is 15.8 Å². The van der Waals surface area contributed by atoms with Crippen LogP contribution < -0.4 is 19.6 Å². The molecule has 7 heteroatoms. The molecule has 0 radical (unpaired) electrons. The molecular formula is C20H21BrN2O4. The number of rotatable bonds is 9.